The maximum atomic E-state index is 12.6. The summed E-state index contributed by atoms with van der Waals surface area (Å²) in [6, 6.07) is 10.5. The van der Waals surface area contributed by atoms with Gasteiger partial charge in [0.25, 0.3) is 0 Å². The summed E-state index contributed by atoms with van der Waals surface area (Å²) in [5.74, 6) is 0.485. The van der Waals surface area contributed by atoms with Gasteiger partial charge in [-0.1, -0.05) is 38.1 Å². The number of carbonyl (C=O) groups excluding carboxylic acids is 1. The smallest absolute Gasteiger partial charge is 0.238 e. The molecule has 1 aromatic carbocycles. The van der Waals surface area contributed by atoms with Gasteiger partial charge in [0.2, 0.25) is 5.91 Å². The summed E-state index contributed by atoms with van der Waals surface area (Å²) >= 11 is 1.81. The highest BCUT2D eigenvalue weighted by Gasteiger charge is 2.20. The van der Waals surface area contributed by atoms with Crippen molar-refractivity contribution in [2.24, 2.45) is 0 Å². The Balaban J connectivity index is 1.51. The lowest BCUT2D eigenvalue weighted by Gasteiger charge is -2.34. The number of nitrogens with one attached hydrogen (secondary N) is 1. The molecule has 0 bridgehead atoms. The number of thiophene rings is 1. The summed E-state index contributed by atoms with van der Waals surface area (Å²) < 4.78 is 0. The maximum absolute atomic E-state index is 12.6. The van der Waals surface area contributed by atoms with Gasteiger partial charge < -0.3 is 5.32 Å². The molecule has 0 radical (unpaired) electrons. The van der Waals surface area contributed by atoms with E-state index in [0.717, 1.165) is 44.0 Å². The van der Waals surface area contributed by atoms with E-state index >= 15 is 0 Å². The van der Waals surface area contributed by atoms with Gasteiger partial charge in [0.05, 0.1) is 6.54 Å². The molecule has 0 aliphatic carbocycles. The van der Waals surface area contributed by atoms with E-state index in [9.17, 15) is 4.79 Å². The van der Waals surface area contributed by atoms with Gasteiger partial charge in [-0.05, 0) is 35.4 Å². The lowest BCUT2D eigenvalue weighted by Crippen LogP contribution is -2.48. The summed E-state index contributed by atoms with van der Waals surface area (Å²) in [4.78, 5) is 18.7. The number of amides is 1. The summed E-state index contributed by atoms with van der Waals surface area (Å²) in [6.45, 7) is 11.8. The van der Waals surface area contributed by atoms with Gasteiger partial charge in [-0.15, -0.1) is 11.3 Å². The molecule has 1 aliphatic heterocycles. The molecule has 1 amide bonds. The van der Waals surface area contributed by atoms with E-state index in [-0.39, 0.29) is 5.91 Å². The highest BCUT2D eigenvalue weighted by molar-refractivity contribution is 7.09. The number of rotatable bonds is 6. The molecule has 140 valence electrons. The van der Waals surface area contributed by atoms with Gasteiger partial charge in [-0.25, -0.2) is 0 Å². The maximum Gasteiger partial charge on any atom is 0.238 e. The molecule has 2 aromatic rings. The highest BCUT2D eigenvalue weighted by Crippen LogP contribution is 2.27. The second-order valence-corrected chi connectivity index (χ2v) is 8.41. The highest BCUT2D eigenvalue weighted by atomic mass is 32.1. The Labute approximate surface area is 160 Å². The van der Waals surface area contributed by atoms with Crippen molar-refractivity contribution in [1.82, 2.24) is 9.80 Å². The molecule has 1 saturated heterocycles. The van der Waals surface area contributed by atoms with Gasteiger partial charge in [-0.3, -0.25) is 14.6 Å². The van der Waals surface area contributed by atoms with E-state index in [0.29, 0.717) is 12.5 Å². The van der Waals surface area contributed by atoms with Crippen LogP contribution in [-0.2, 0) is 11.3 Å². The molecule has 26 heavy (non-hydrogen) atoms. The minimum Gasteiger partial charge on any atom is -0.324 e. The van der Waals surface area contributed by atoms with E-state index in [1.165, 1.54) is 10.4 Å². The van der Waals surface area contributed by atoms with Crippen LogP contribution in [-0.4, -0.2) is 48.4 Å². The molecule has 1 aromatic heterocycles. The average Bonchev–Trinajstić information content (AvgIpc) is 3.11. The lowest BCUT2D eigenvalue weighted by atomic mass is 9.98. The first-order chi connectivity index (χ1) is 12.5. The van der Waals surface area contributed by atoms with Crippen molar-refractivity contribution in [1.29, 1.82) is 0 Å². The number of anilines is 1. The normalized spacial score (nSPS) is 16.2. The van der Waals surface area contributed by atoms with E-state index in [4.69, 9.17) is 0 Å². The molecular weight excluding hydrogens is 342 g/mol. The van der Waals surface area contributed by atoms with Crippen LogP contribution in [0.5, 0.6) is 0 Å². The van der Waals surface area contributed by atoms with Crippen molar-refractivity contribution in [2.45, 2.75) is 33.2 Å². The second-order valence-electron chi connectivity index (χ2n) is 7.37. The minimum absolute atomic E-state index is 0.0907. The average molecular weight is 372 g/mol. The van der Waals surface area contributed by atoms with E-state index in [1.54, 1.807) is 0 Å². The number of para-hydroxylation sites is 1. The molecule has 2 heterocycles. The molecule has 3 rings (SSSR count). The van der Waals surface area contributed by atoms with Crippen molar-refractivity contribution >= 4 is 22.9 Å². The zero-order chi connectivity index (χ0) is 18.5. The lowest BCUT2D eigenvalue weighted by molar-refractivity contribution is -0.117. The van der Waals surface area contributed by atoms with Crippen molar-refractivity contribution in [2.75, 3.05) is 38.0 Å². The summed E-state index contributed by atoms with van der Waals surface area (Å²) in [5.41, 5.74) is 3.33. The van der Waals surface area contributed by atoms with Crippen LogP contribution in [0.1, 0.15) is 35.8 Å². The molecule has 0 saturated carbocycles. The van der Waals surface area contributed by atoms with Gasteiger partial charge >= 0.3 is 0 Å². The van der Waals surface area contributed by atoms with Crippen molar-refractivity contribution in [3.05, 3.63) is 51.7 Å². The van der Waals surface area contributed by atoms with Crippen LogP contribution in [0.4, 0.5) is 5.69 Å². The molecule has 0 spiro atoms. The Kier molecular flexibility index (Phi) is 6.46. The molecule has 0 unspecified atom stereocenters. The first-order valence-corrected chi connectivity index (χ1v) is 10.3. The monoisotopic (exact) mass is 371 g/mol. The minimum atomic E-state index is 0.0907. The van der Waals surface area contributed by atoms with Crippen LogP contribution in [0.15, 0.2) is 35.7 Å². The Morgan fingerprint density at radius 2 is 1.85 bits per heavy atom. The fourth-order valence-electron chi connectivity index (χ4n) is 3.45. The first-order valence-electron chi connectivity index (χ1n) is 9.39. The zero-order valence-corrected chi connectivity index (χ0v) is 16.8. The third-order valence-electron chi connectivity index (χ3n) is 4.98. The topological polar surface area (TPSA) is 35.6 Å². The van der Waals surface area contributed by atoms with Crippen LogP contribution < -0.4 is 5.32 Å². The van der Waals surface area contributed by atoms with Gasteiger partial charge in [0.1, 0.15) is 0 Å². The van der Waals surface area contributed by atoms with E-state index in [1.807, 2.05) is 11.3 Å². The number of carbonyl (C=O) groups is 1. The largest absolute Gasteiger partial charge is 0.324 e. The fourth-order valence-corrected chi connectivity index (χ4v) is 4.20. The quantitative estimate of drug-likeness (QED) is 0.835. The Morgan fingerprint density at radius 3 is 2.50 bits per heavy atom. The van der Waals surface area contributed by atoms with Gasteiger partial charge in [-0.2, -0.15) is 0 Å². The standard InChI is InChI=1S/C21H29N3OS/c1-16(2)19-8-4-6-17(3)21(19)22-20(25)15-24-11-9-23(10-12-24)14-18-7-5-13-26-18/h4-8,13,16H,9-12,14-15H2,1-3H3,(H,22,25). The third kappa shape index (κ3) is 4.93. The Bertz CT molecular complexity index is 719. The summed E-state index contributed by atoms with van der Waals surface area (Å²) in [7, 11) is 0. The Morgan fingerprint density at radius 1 is 1.12 bits per heavy atom. The number of piperazine rings is 1. The molecule has 1 aliphatic rings. The first kappa shape index (κ1) is 19.1. The van der Waals surface area contributed by atoms with Crippen molar-refractivity contribution in [3.63, 3.8) is 0 Å². The number of aryl methyl sites for hydroxylation is 1. The number of hydrogen-bond acceptors (Lipinski definition) is 4. The number of benzene rings is 1. The Hall–Kier alpha value is -1.69. The van der Waals surface area contributed by atoms with Gasteiger partial charge in [0, 0.05) is 43.3 Å². The van der Waals surface area contributed by atoms with Crippen LogP contribution >= 0.6 is 11.3 Å². The molecule has 5 heteroatoms. The van der Waals surface area contributed by atoms with Gasteiger partial charge in [0.15, 0.2) is 0 Å². The van der Waals surface area contributed by atoms with E-state index < -0.39 is 0 Å². The SMILES string of the molecule is Cc1cccc(C(C)C)c1NC(=O)CN1CCN(Cc2cccs2)CC1. The van der Waals surface area contributed by atoms with Crippen molar-refractivity contribution < 1.29 is 4.79 Å². The zero-order valence-electron chi connectivity index (χ0n) is 16.0. The van der Waals surface area contributed by atoms with Crippen LogP contribution in [0.25, 0.3) is 0 Å². The predicted octanol–water partition coefficient (Wildman–Crippen LogP) is 3.94. The van der Waals surface area contributed by atoms with Crippen LogP contribution in [0.3, 0.4) is 0 Å². The number of hydrogen-bond donors (Lipinski definition) is 1. The van der Waals surface area contributed by atoms with E-state index in [2.05, 4.69) is 71.6 Å². The number of nitrogens with zero attached hydrogens (tertiary/aromatic N) is 2. The second kappa shape index (κ2) is 8.80. The summed E-state index contributed by atoms with van der Waals surface area (Å²) in [6.07, 6.45) is 0. The molecule has 0 atom stereocenters. The third-order valence-corrected chi connectivity index (χ3v) is 5.84. The van der Waals surface area contributed by atoms with Crippen molar-refractivity contribution in [3.8, 4) is 0 Å². The predicted molar refractivity (Wildman–Crippen MR) is 110 cm³/mol. The fraction of sp³-hybridized carbons (Fsp3) is 0.476. The molecule has 1 fully saturated rings. The molecular formula is C21H29N3OS. The molecule has 4 nitrogen and oxygen atoms in total. The van der Waals surface area contributed by atoms with Crippen LogP contribution in [0, 0.1) is 6.92 Å². The molecule has 1 N–H and O–H groups in total. The summed E-state index contributed by atoms with van der Waals surface area (Å²) in [5, 5.41) is 5.29. The van der Waals surface area contributed by atoms with Crippen LogP contribution in [0.2, 0.25) is 0 Å².